The number of nitriles is 1. The van der Waals surface area contributed by atoms with Gasteiger partial charge in [-0.3, -0.25) is 0 Å². The van der Waals surface area contributed by atoms with E-state index >= 15 is 0 Å². The molecule has 0 atom stereocenters. The van der Waals surface area contributed by atoms with Gasteiger partial charge >= 0.3 is 0 Å². The molecule has 1 aromatic carbocycles. The summed E-state index contributed by atoms with van der Waals surface area (Å²) >= 11 is 6.31. The summed E-state index contributed by atoms with van der Waals surface area (Å²) in [6.45, 7) is 0. The molecule has 3 nitrogen and oxygen atoms in total. The standard InChI is InChI=1S/C8H4Br2ClNO2S/c9-3-6-5(4-12)1-2-7(8(6)10)15(11,13)14/h1-2H,3H2. The quantitative estimate of drug-likeness (QED) is 0.591. The second kappa shape index (κ2) is 4.83. The van der Waals surface area contributed by atoms with Gasteiger partial charge in [-0.15, -0.1) is 0 Å². The molecule has 0 bridgehead atoms. The summed E-state index contributed by atoms with van der Waals surface area (Å²) in [4.78, 5) is -0.0300. The predicted molar refractivity (Wildman–Crippen MR) is 64.5 cm³/mol. The summed E-state index contributed by atoms with van der Waals surface area (Å²) in [5.74, 6) is 0. The molecule has 0 saturated carbocycles. The molecule has 0 saturated heterocycles. The maximum atomic E-state index is 11.2. The molecular weight excluding hydrogens is 369 g/mol. The molecule has 0 N–H and O–H groups in total. The zero-order chi connectivity index (χ0) is 11.6. The van der Waals surface area contributed by atoms with Crippen molar-refractivity contribution in [1.82, 2.24) is 0 Å². The Morgan fingerprint density at radius 1 is 1.47 bits per heavy atom. The minimum Gasteiger partial charge on any atom is -0.207 e. The van der Waals surface area contributed by atoms with Crippen molar-refractivity contribution in [3.8, 4) is 6.07 Å². The summed E-state index contributed by atoms with van der Waals surface area (Å²) in [5, 5.41) is 9.17. The lowest BCUT2D eigenvalue weighted by molar-refractivity contribution is 0.609. The van der Waals surface area contributed by atoms with Gasteiger partial charge in [-0.1, -0.05) is 15.9 Å². The number of hydrogen-bond acceptors (Lipinski definition) is 3. The van der Waals surface area contributed by atoms with Crippen molar-refractivity contribution in [3.05, 3.63) is 27.7 Å². The SMILES string of the molecule is N#Cc1ccc(S(=O)(=O)Cl)c(Br)c1CBr. The molecule has 0 amide bonds. The molecular formula is C8H4Br2ClNO2S. The lowest BCUT2D eigenvalue weighted by atomic mass is 10.1. The average Bonchev–Trinajstić information content (AvgIpc) is 2.15. The molecule has 0 unspecified atom stereocenters. The van der Waals surface area contributed by atoms with E-state index < -0.39 is 9.05 Å². The van der Waals surface area contributed by atoms with Gasteiger partial charge in [0, 0.05) is 20.5 Å². The van der Waals surface area contributed by atoms with Crippen LogP contribution in [0, 0.1) is 11.3 Å². The largest absolute Gasteiger partial charge is 0.262 e. The third-order valence-corrected chi connectivity index (χ3v) is 4.82. The van der Waals surface area contributed by atoms with Crippen LogP contribution >= 0.6 is 42.5 Å². The number of benzene rings is 1. The molecule has 0 radical (unpaired) electrons. The Morgan fingerprint density at radius 2 is 2.07 bits per heavy atom. The summed E-state index contributed by atoms with van der Waals surface area (Å²) in [7, 11) is 1.44. The fraction of sp³-hybridized carbons (Fsp3) is 0.125. The van der Waals surface area contributed by atoms with Gasteiger partial charge in [0.15, 0.2) is 0 Å². The number of halogens is 3. The highest BCUT2D eigenvalue weighted by molar-refractivity contribution is 9.10. The fourth-order valence-electron chi connectivity index (χ4n) is 1.02. The highest BCUT2D eigenvalue weighted by atomic mass is 79.9. The zero-order valence-corrected chi connectivity index (χ0v) is 11.9. The summed E-state index contributed by atoms with van der Waals surface area (Å²) < 4.78 is 22.6. The molecule has 0 heterocycles. The maximum Gasteiger partial charge on any atom is 0.262 e. The third-order valence-electron chi connectivity index (χ3n) is 1.72. The first-order chi connectivity index (χ1) is 6.91. The van der Waals surface area contributed by atoms with Crippen LogP contribution in [0.25, 0.3) is 0 Å². The molecule has 1 rings (SSSR count). The smallest absolute Gasteiger partial charge is 0.207 e. The second-order valence-electron chi connectivity index (χ2n) is 2.59. The van der Waals surface area contributed by atoms with E-state index in [4.69, 9.17) is 15.9 Å². The van der Waals surface area contributed by atoms with Crippen LogP contribution in [0.15, 0.2) is 21.5 Å². The van der Waals surface area contributed by atoms with E-state index in [1.807, 2.05) is 6.07 Å². The zero-order valence-electron chi connectivity index (χ0n) is 7.17. The Morgan fingerprint density at radius 3 is 2.47 bits per heavy atom. The molecule has 15 heavy (non-hydrogen) atoms. The Hall–Kier alpha value is -0.0900. The average molecular weight is 373 g/mol. The number of hydrogen-bond donors (Lipinski definition) is 0. The first kappa shape index (κ1) is 13.0. The minimum absolute atomic E-state index is 0.0300. The van der Waals surface area contributed by atoms with Crippen LogP contribution in [0.5, 0.6) is 0 Å². The third kappa shape index (κ3) is 2.72. The van der Waals surface area contributed by atoms with Gasteiger partial charge in [0.25, 0.3) is 9.05 Å². The second-order valence-corrected chi connectivity index (χ2v) is 6.48. The van der Waals surface area contributed by atoms with Crippen LogP contribution in [0.2, 0.25) is 0 Å². The van der Waals surface area contributed by atoms with Crippen LogP contribution < -0.4 is 0 Å². The molecule has 0 spiro atoms. The number of nitrogens with zero attached hydrogens (tertiary/aromatic N) is 1. The Balaban J connectivity index is 3.59. The molecule has 0 aliphatic rings. The van der Waals surface area contributed by atoms with E-state index in [-0.39, 0.29) is 4.90 Å². The minimum atomic E-state index is -3.80. The van der Waals surface area contributed by atoms with Gasteiger partial charge in [-0.25, -0.2) is 8.42 Å². The summed E-state index contributed by atoms with van der Waals surface area (Å²) in [6, 6.07) is 4.70. The highest BCUT2D eigenvalue weighted by Crippen LogP contribution is 2.31. The fourth-order valence-corrected chi connectivity index (χ4v) is 4.34. The van der Waals surface area contributed by atoms with Crippen LogP contribution in [-0.4, -0.2) is 8.42 Å². The first-order valence-electron chi connectivity index (χ1n) is 3.64. The normalized spacial score (nSPS) is 11.1. The van der Waals surface area contributed by atoms with Crippen molar-refractivity contribution >= 4 is 51.6 Å². The van der Waals surface area contributed by atoms with Gasteiger partial charge in [-0.2, -0.15) is 5.26 Å². The topological polar surface area (TPSA) is 57.9 Å². The van der Waals surface area contributed by atoms with Crippen molar-refractivity contribution in [3.63, 3.8) is 0 Å². The van der Waals surface area contributed by atoms with Crippen molar-refractivity contribution in [2.45, 2.75) is 10.2 Å². The molecule has 0 fully saturated rings. The summed E-state index contributed by atoms with van der Waals surface area (Å²) in [5.41, 5.74) is 0.974. The van der Waals surface area contributed by atoms with Crippen LogP contribution in [0.4, 0.5) is 0 Å². The van der Waals surface area contributed by atoms with Gasteiger partial charge in [-0.05, 0) is 33.6 Å². The van der Waals surface area contributed by atoms with Gasteiger partial charge < -0.3 is 0 Å². The van der Waals surface area contributed by atoms with E-state index in [0.717, 1.165) is 0 Å². The molecule has 0 aliphatic heterocycles. The van der Waals surface area contributed by atoms with Crippen LogP contribution in [0.1, 0.15) is 11.1 Å². The Bertz CT molecular complexity index is 536. The number of rotatable bonds is 2. The van der Waals surface area contributed by atoms with Gasteiger partial charge in [0.05, 0.1) is 16.5 Å². The summed E-state index contributed by atoms with van der Waals surface area (Å²) in [6.07, 6.45) is 0. The van der Waals surface area contributed by atoms with Crippen LogP contribution in [-0.2, 0) is 14.4 Å². The van der Waals surface area contributed by atoms with Crippen LogP contribution in [0.3, 0.4) is 0 Å². The van der Waals surface area contributed by atoms with E-state index in [9.17, 15) is 8.42 Å². The molecule has 1 aromatic rings. The van der Waals surface area contributed by atoms with Crippen molar-refractivity contribution < 1.29 is 8.42 Å². The van der Waals surface area contributed by atoms with Crippen molar-refractivity contribution in [2.24, 2.45) is 0 Å². The number of alkyl halides is 1. The Labute approximate surface area is 109 Å². The monoisotopic (exact) mass is 371 g/mol. The first-order valence-corrected chi connectivity index (χ1v) is 7.86. The van der Waals surface area contributed by atoms with E-state index in [0.29, 0.717) is 20.9 Å². The van der Waals surface area contributed by atoms with Gasteiger partial charge in [0.2, 0.25) is 0 Å². The predicted octanol–water partition coefficient (Wildman–Crippen LogP) is 3.14. The van der Waals surface area contributed by atoms with Crippen molar-refractivity contribution in [1.29, 1.82) is 5.26 Å². The van der Waals surface area contributed by atoms with E-state index in [1.165, 1.54) is 12.1 Å². The lowest BCUT2D eigenvalue weighted by Crippen LogP contribution is -1.97. The van der Waals surface area contributed by atoms with E-state index in [1.54, 1.807) is 0 Å². The van der Waals surface area contributed by atoms with E-state index in [2.05, 4.69) is 31.9 Å². The van der Waals surface area contributed by atoms with Crippen molar-refractivity contribution in [2.75, 3.05) is 0 Å². The molecule has 0 aromatic heterocycles. The molecule has 0 aliphatic carbocycles. The maximum absolute atomic E-state index is 11.2. The highest BCUT2D eigenvalue weighted by Gasteiger charge is 2.18. The molecule has 7 heteroatoms. The molecule has 80 valence electrons. The Kier molecular flexibility index (Phi) is 4.18. The van der Waals surface area contributed by atoms with Gasteiger partial charge in [0.1, 0.15) is 0 Å². The lowest BCUT2D eigenvalue weighted by Gasteiger charge is -2.06.